The first-order valence-electron chi connectivity index (χ1n) is 12.8. The van der Waals surface area contributed by atoms with Gasteiger partial charge in [-0.3, -0.25) is 14.4 Å². The highest BCUT2D eigenvalue weighted by atomic mass is 16.5. The summed E-state index contributed by atoms with van der Waals surface area (Å²) in [5.74, 6) is -1.02. The molecule has 9 nitrogen and oxygen atoms in total. The molecule has 36 heavy (non-hydrogen) atoms. The Balaban J connectivity index is 1.75. The molecule has 1 aromatic heterocycles. The number of ketones is 1. The Morgan fingerprint density at radius 2 is 1.81 bits per heavy atom. The van der Waals surface area contributed by atoms with E-state index in [4.69, 9.17) is 9.26 Å². The van der Waals surface area contributed by atoms with Crippen LogP contribution in [0, 0.1) is 11.3 Å². The standard InChI is InChI=1S/C27H38N4O5/c1-5-21(24(33)25-29-22(6-2)36-30-25)28-26(34)20(16-23(32)31-12-14-35-15-13-31)18-27(3,4)17-19-10-8-7-9-11-19/h7-11,20-21H,5-6,12-18H2,1-4H3,(H,28,34). The van der Waals surface area contributed by atoms with E-state index in [0.717, 1.165) is 6.42 Å². The highest BCUT2D eigenvalue weighted by molar-refractivity contribution is 5.99. The second-order valence-electron chi connectivity index (χ2n) is 10.1. The minimum Gasteiger partial charge on any atom is -0.378 e. The maximum Gasteiger partial charge on any atom is 0.240 e. The van der Waals surface area contributed by atoms with Gasteiger partial charge in [0, 0.05) is 31.8 Å². The number of rotatable bonds is 12. The molecule has 0 radical (unpaired) electrons. The lowest BCUT2D eigenvalue weighted by molar-refractivity contribution is -0.140. The second-order valence-corrected chi connectivity index (χ2v) is 10.1. The lowest BCUT2D eigenvalue weighted by Crippen LogP contribution is -2.47. The molecule has 2 amide bonds. The third-order valence-electron chi connectivity index (χ3n) is 6.51. The van der Waals surface area contributed by atoms with Crippen molar-refractivity contribution in [3.05, 3.63) is 47.6 Å². The van der Waals surface area contributed by atoms with E-state index in [0.29, 0.717) is 51.5 Å². The third-order valence-corrected chi connectivity index (χ3v) is 6.51. The predicted octanol–water partition coefficient (Wildman–Crippen LogP) is 3.23. The zero-order chi connectivity index (χ0) is 26.1. The average Bonchev–Trinajstić information content (AvgIpc) is 3.36. The van der Waals surface area contributed by atoms with Gasteiger partial charge in [0.25, 0.3) is 0 Å². The van der Waals surface area contributed by atoms with Crippen LogP contribution in [0.4, 0.5) is 0 Å². The van der Waals surface area contributed by atoms with Gasteiger partial charge in [0.1, 0.15) is 0 Å². The van der Waals surface area contributed by atoms with Crippen LogP contribution >= 0.6 is 0 Å². The molecule has 1 aliphatic heterocycles. The van der Waals surface area contributed by atoms with Gasteiger partial charge < -0.3 is 19.5 Å². The number of carbonyl (C=O) groups excluding carboxylic acids is 3. The zero-order valence-corrected chi connectivity index (χ0v) is 21.8. The van der Waals surface area contributed by atoms with Crippen LogP contribution in [0.2, 0.25) is 0 Å². The number of nitrogens with one attached hydrogen (secondary N) is 1. The molecule has 1 aromatic carbocycles. The van der Waals surface area contributed by atoms with E-state index in [1.165, 1.54) is 5.56 Å². The first-order chi connectivity index (χ1) is 17.2. The Morgan fingerprint density at radius 1 is 1.11 bits per heavy atom. The number of ether oxygens (including phenoxy) is 1. The zero-order valence-electron chi connectivity index (χ0n) is 21.8. The van der Waals surface area contributed by atoms with Crippen molar-refractivity contribution in [3.63, 3.8) is 0 Å². The maximum atomic E-state index is 13.5. The molecule has 0 spiro atoms. The Morgan fingerprint density at radius 3 is 2.42 bits per heavy atom. The largest absolute Gasteiger partial charge is 0.378 e. The lowest BCUT2D eigenvalue weighted by Gasteiger charge is -2.32. The number of amides is 2. The van der Waals surface area contributed by atoms with Crippen LogP contribution in [0.3, 0.4) is 0 Å². The Labute approximate surface area is 213 Å². The first kappa shape index (κ1) is 27.5. The van der Waals surface area contributed by atoms with Gasteiger partial charge in [-0.25, -0.2) is 0 Å². The Bertz CT molecular complexity index is 1010. The van der Waals surface area contributed by atoms with E-state index >= 15 is 0 Å². The normalized spacial score (nSPS) is 15.8. The van der Waals surface area contributed by atoms with E-state index in [-0.39, 0.29) is 29.5 Å². The van der Waals surface area contributed by atoms with Crippen molar-refractivity contribution in [2.24, 2.45) is 11.3 Å². The molecule has 2 heterocycles. The summed E-state index contributed by atoms with van der Waals surface area (Å²) >= 11 is 0. The van der Waals surface area contributed by atoms with Gasteiger partial charge in [-0.05, 0) is 30.2 Å². The van der Waals surface area contributed by atoms with Crippen molar-refractivity contribution in [2.75, 3.05) is 26.3 Å². The molecule has 2 atom stereocenters. The minimum atomic E-state index is -0.793. The number of hydrogen-bond donors (Lipinski definition) is 1. The average molecular weight is 499 g/mol. The van der Waals surface area contributed by atoms with Crippen molar-refractivity contribution in [2.45, 2.75) is 65.8 Å². The summed E-state index contributed by atoms with van der Waals surface area (Å²) in [6.45, 7) is 9.92. The molecule has 1 fully saturated rings. The molecule has 2 aromatic rings. The second kappa shape index (κ2) is 12.8. The van der Waals surface area contributed by atoms with Crippen LogP contribution in [0.5, 0.6) is 0 Å². The van der Waals surface area contributed by atoms with Gasteiger partial charge in [-0.15, -0.1) is 0 Å². The third kappa shape index (κ3) is 7.71. The number of aryl methyl sites for hydroxylation is 1. The van der Waals surface area contributed by atoms with E-state index in [1.807, 2.05) is 32.0 Å². The van der Waals surface area contributed by atoms with Crippen molar-refractivity contribution in [3.8, 4) is 0 Å². The molecular weight excluding hydrogens is 460 g/mol. The molecule has 0 bridgehead atoms. The summed E-state index contributed by atoms with van der Waals surface area (Å²) in [6, 6.07) is 9.31. The summed E-state index contributed by atoms with van der Waals surface area (Å²) < 4.78 is 10.4. The molecule has 2 unspecified atom stereocenters. The van der Waals surface area contributed by atoms with E-state index in [2.05, 4.69) is 41.4 Å². The summed E-state index contributed by atoms with van der Waals surface area (Å²) in [6.07, 6.45) is 2.24. The van der Waals surface area contributed by atoms with Gasteiger partial charge in [0.05, 0.1) is 19.3 Å². The van der Waals surface area contributed by atoms with Gasteiger partial charge in [0.2, 0.25) is 29.3 Å². The van der Waals surface area contributed by atoms with E-state index in [9.17, 15) is 14.4 Å². The number of aromatic nitrogens is 2. The van der Waals surface area contributed by atoms with E-state index in [1.54, 1.807) is 4.90 Å². The number of carbonyl (C=O) groups is 3. The monoisotopic (exact) mass is 498 g/mol. The summed E-state index contributed by atoms with van der Waals surface area (Å²) in [5, 5.41) is 6.65. The molecular formula is C27H38N4O5. The summed E-state index contributed by atoms with van der Waals surface area (Å²) in [7, 11) is 0. The summed E-state index contributed by atoms with van der Waals surface area (Å²) in [5.41, 5.74) is 0.927. The van der Waals surface area contributed by atoms with Gasteiger partial charge >= 0.3 is 0 Å². The lowest BCUT2D eigenvalue weighted by atomic mass is 9.76. The molecule has 1 aliphatic rings. The summed E-state index contributed by atoms with van der Waals surface area (Å²) in [4.78, 5) is 45.5. The highest BCUT2D eigenvalue weighted by Crippen LogP contribution is 2.32. The minimum absolute atomic E-state index is 0.0376. The maximum absolute atomic E-state index is 13.5. The Kier molecular flexibility index (Phi) is 9.75. The first-order valence-corrected chi connectivity index (χ1v) is 12.8. The molecule has 3 rings (SSSR count). The van der Waals surface area contributed by atoms with Crippen LogP contribution < -0.4 is 5.32 Å². The predicted molar refractivity (Wildman–Crippen MR) is 134 cm³/mol. The van der Waals surface area contributed by atoms with Gasteiger partial charge in [0.15, 0.2) is 0 Å². The van der Waals surface area contributed by atoms with Crippen molar-refractivity contribution >= 4 is 17.6 Å². The van der Waals surface area contributed by atoms with Gasteiger partial charge in [-0.1, -0.05) is 63.2 Å². The number of hydrogen-bond acceptors (Lipinski definition) is 7. The van der Waals surface area contributed by atoms with Crippen LogP contribution in [0.15, 0.2) is 34.9 Å². The van der Waals surface area contributed by atoms with Crippen molar-refractivity contribution < 1.29 is 23.6 Å². The van der Waals surface area contributed by atoms with Gasteiger partial charge in [-0.2, -0.15) is 4.98 Å². The molecule has 0 aliphatic carbocycles. The van der Waals surface area contributed by atoms with Crippen LogP contribution in [-0.4, -0.2) is 65.0 Å². The topological polar surface area (TPSA) is 115 Å². The fourth-order valence-electron chi connectivity index (χ4n) is 4.59. The molecule has 196 valence electrons. The molecule has 1 saturated heterocycles. The number of morpholine rings is 1. The highest BCUT2D eigenvalue weighted by Gasteiger charge is 2.34. The number of Topliss-reactive ketones (excluding diaryl/α,β-unsaturated/α-hetero) is 1. The van der Waals surface area contributed by atoms with Crippen LogP contribution in [0.1, 0.15) is 69.0 Å². The van der Waals surface area contributed by atoms with Crippen LogP contribution in [-0.2, 0) is 27.2 Å². The molecule has 1 N–H and O–H groups in total. The smallest absolute Gasteiger partial charge is 0.240 e. The quantitative estimate of drug-likeness (QED) is 0.447. The number of benzene rings is 1. The van der Waals surface area contributed by atoms with Crippen molar-refractivity contribution in [1.29, 1.82) is 0 Å². The molecule has 0 saturated carbocycles. The fraction of sp³-hybridized carbons (Fsp3) is 0.593. The van der Waals surface area contributed by atoms with E-state index < -0.39 is 17.7 Å². The molecule has 9 heteroatoms. The Hall–Kier alpha value is -3.07. The van der Waals surface area contributed by atoms with Crippen molar-refractivity contribution in [1.82, 2.24) is 20.4 Å². The number of nitrogens with zero attached hydrogens (tertiary/aromatic N) is 3. The fourth-order valence-corrected chi connectivity index (χ4v) is 4.59. The SMILES string of the molecule is CCc1nc(C(=O)C(CC)NC(=O)C(CC(=O)N2CCOCC2)CC(C)(C)Cc2ccccc2)no1. The van der Waals surface area contributed by atoms with Crippen LogP contribution in [0.25, 0.3) is 0 Å².